The second-order valence-electron chi connectivity index (χ2n) is 4.68. The number of nitrogens with one attached hydrogen (secondary N) is 1. The second-order valence-corrected chi connectivity index (χ2v) is 6.82. The number of hydrogen-bond acceptors (Lipinski definition) is 3. The Morgan fingerprint density at radius 2 is 2.00 bits per heavy atom. The number of halogens is 1. The third-order valence-electron chi connectivity index (χ3n) is 2.23. The van der Waals surface area contributed by atoms with E-state index >= 15 is 0 Å². The SMILES string of the molecule is Cc1c(Cl)cccc1S(=O)(=O)NCC(C)(C)N. The van der Waals surface area contributed by atoms with E-state index in [-0.39, 0.29) is 11.4 Å². The first-order valence-electron chi connectivity index (χ1n) is 5.17. The summed E-state index contributed by atoms with van der Waals surface area (Å²) in [6, 6.07) is 4.79. The largest absolute Gasteiger partial charge is 0.324 e. The van der Waals surface area contributed by atoms with Crippen LogP contribution in [-0.2, 0) is 10.0 Å². The molecule has 17 heavy (non-hydrogen) atoms. The second kappa shape index (κ2) is 4.94. The predicted octanol–water partition coefficient (Wildman–Crippen LogP) is 1.66. The fourth-order valence-corrected chi connectivity index (χ4v) is 2.96. The average molecular weight is 277 g/mol. The van der Waals surface area contributed by atoms with E-state index in [1.165, 1.54) is 6.07 Å². The lowest BCUT2D eigenvalue weighted by Crippen LogP contribution is -2.45. The molecule has 3 N–H and O–H groups in total. The van der Waals surface area contributed by atoms with Gasteiger partial charge in [0.1, 0.15) is 0 Å². The Morgan fingerprint density at radius 1 is 1.41 bits per heavy atom. The van der Waals surface area contributed by atoms with Gasteiger partial charge in [-0.1, -0.05) is 17.7 Å². The Kier molecular flexibility index (Phi) is 4.19. The monoisotopic (exact) mass is 276 g/mol. The molecule has 0 aromatic heterocycles. The number of hydrogen-bond donors (Lipinski definition) is 2. The molecular formula is C11H17ClN2O2S. The average Bonchev–Trinajstić information content (AvgIpc) is 2.18. The minimum absolute atomic E-state index is 0.168. The highest BCUT2D eigenvalue weighted by atomic mass is 35.5. The first kappa shape index (κ1) is 14.4. The number of nitrogens with two attached hydrogens (primary N) is 1. The van der Waals surface area contributed by atoms with Crippen molar-refractivity contribution >= 4 is 21.6 Å². The van der Waals surface area contributed by atoms with Crippen LogP contribution < -0.4 is 10.5 Å². The van der Waals surface area contributed by atoms with Gasteiger partial charge in [0.15, 0.2) is 0 Å². The standard InChI is InChI=1S/C11H17ClN2O2S/c1-8-9(12)5-4-6-10(8)17(15,16)14-7-11(2,3)13/h4-6,14H,7,13H2,1-3H3. The van der Waals surface area contributed by atoms with E-state index in [0.29, 0.717) is 10.6 Å². The molecule has 0 amide bonds. The quantitative estimate of drug-likeness (QED) is 0.879. The minimum atomic E-state index is -3.56. The van der Waals surface area contributed by atoms with Gasteiger partial charge in [-0.25, -0.2) is 13.1 Å². The number of sulfonamides is 1. The lowest BCUT2D eigenvalue weighted by Gasteiger charge is -2.19. The lowest BCUT2D eigenvalue weighted by molar-refractivity contribution is 0.497. The zero-order valence-electron chi connectivity index (χ0n) is 10.1. The van der Waals surface area contributed by atoms with Gasteiger partial charge in [0, 0.05) is 17.1 Å². The molecule has 0 aliphatic heterocycles. The van der Waals surface area contributed by atoms with Crippen molar-refractivity contribution in [3.63, 3.8) is 0 Å². The molecule has 0 aliphatic carbocycles. The fourth-order valence-electron chi connectivity index (χ4n) is 1.24. The maximum atomic E-state index is 12.0. The summed E-state index contributed by atoms with van der Waals surface area (Å²) >= 11 is 5.89. The topological polar surface area (TPSA) is 72.2 Å². The van der Waals surface area contributed by atoms with E-state index < -0.39 is 15.6 Å². The molecule has 0 bridgehead atoms. The van der Waals surface area contributed by atoms with Gasteiger partial charge < -0.3 is 5.73 Å². The first-order valence-corrected chi connectivity index (χ1v) is 7.03. The summed E-state index contributed by atoms with van der Waals surface area (Å²) in [6.07, 6.45) is 0. The Bertz CT molecular complexity index is 507. The number of rotatable bonds is 4. The molecular weight excluding hydrogens is 260 g/mol. The van der Waals surface area contributed by atoms with Gasteiger partial charge in [0.2, 0.25) is 10.0 Å². The predicted molar refractivity (Wildman–Crippen MR) is 69.6 cm³/mol. The highest BCUT2D eigenvalue weighted by Gasteiger charge is 2.20. The van der Waals surface area contributed by atoms with E-state index in [9.17, 15) is 8.42 Å². The molecule has 0 spiro atoms. The molecule has 4 nitrogen and oxygen atoms in total. The van der Waals surface area contributed by atoms with Gasteiger partial charge in [-0.05, 0) is 38.5 Å². The van der Waals surface area contributed by atoms with Gasteiger partial charge >= 0.3 is 0 Å². The molecule has 0 heterocycles. The molecule has 1 aromatic rings. The van der Waals surface area contributed by atoms with Crippen LogP contribution in [0.5, 0.6) is 0 Å². The summed E-state index contributed by atoms with van der Waals surface area (Å²) in [5, 5.41) is 0.430. The third kappa shape index (κ3) is 3.96. The van der Waals surface area contributed by atoms with Gasteiger partial charge in [0.05, 0.1) is 4.90 Å². The van der Waals surface area contributed by atoms with Gasteiger partial charge in [-0.15, -0.1) is 0 Å². The normalized spacial score (nSPS) is 12.8. The molecule has 0 fully saturated rings. The van der Waals surface area contributed by atoms with E-state index in [4.69, 9.17) is 17.3 Å². The summed E-state index contributed by atoms with van der Waals surface area (Å²) in [6.45, 7) is 5.34. The van der Waals surface area contributed by atoms with Crippen molar-refractivity contribution in [2.45, 2.75) is 31.2 Å². The van der Waals surface area contributed by atoms with E-state index in [1.54, 1.807) is 32.9 Å². The number of benzene rings is 1. The summed E-state index contributed by atoms with van der Waals surface area (Å²) in [7, 11) is -3.56. The summed E-state index contributed by atoms with van der Waals surface area (Å²) in [4.78, 5) is 0.189. The maximum absolute atomic E-state index is 12.0. The minimum Gasteiger partial charge on any atom is -0.324 e. The van der Waals surface area contributed by atoms with Crippen LogP contribution in [0.2, 0.25) is 5.02 Å². The van der Waals surface area contributed by atoms with Crippen LogP contribution in [0, 0.1) is 6.92 Å². The molecule has 0 radical (unpaired) electrons. The zero-order chi connectivity index (χ0) is 13.3. The van der Waals surface area contributed by atoms with E-state index in [1.807, 2.05) is 0 Å². The highest BCUT2D eigenvalue weighted by Crippen LogP contribution is 2.22. The molecule has 6 heteroatoms. The lowest BCUT2D eigenvalue weighted by atomic mass is 10.1. The Morgan fingerprint density at radius 3 is 2.53 bits per heavy atom. The first-order chi connectivity index (χ1) is 7.63. The molecule has 0 saturated heterocycles. The maximum Gasteiger partial charge on any atom is 0.240 e. The van der Waals surface area contributed by atoms with Gasteiger partial charge in [-0.3, -0.25) is 0 Å². The van der Waals surface area contributed by atoms with Crippen molar-refractivity contribution in [3.8, 4) is 0 Å². The third-order valence-corrected chi connectivity index (χ3v) is 4.18. The van der Waals surface area contributed by atoms with Crippen molar-refractivity contribution in [2.75, 3.05) is 6.54 Å². The Hall–Kier alpha value is -0.620. The Labute approximate surface area is 107 Å². The van der Waals surface area contributed by atoms with Crippen LogP contribution in [0.4, 0.5) is 0 Å². The van der Waals surface area contributed by atoms with Crippen LogP contribution in [-0.4, -0.2) is 20.5 Å². The molecule has 0 atom stereocenters. The summed E-state index contributed by atoms with van der Waals surface area (Å²) < 4.78 is 26.5. The van der Waals surface area contributed by atoms with Crippen LogP contribution in [0.3, 0.4) is 0 Å². The Balaban J connectivity index is 3.02. The van der Waals surface area contributed by atoms with Crippen molar-refractivity contribution in [3.05, 3.63) is 28.8 Å². The van der Waals surface area contributed by atoms with Crippen molar-refractivity contribution in [1.29, 1.82) is 0 Å². The molecule has 96 valence electrons. The molecule has 1 aromatic carbocycles. The van der Waals surface area contributed by atoms with Crippen molar-refractivity contribution < 1.29 is 8.42 Å². The van der Waals surface area contributed by atoms with Crippen LogP contribution in [0.1, 0.15) is 19.4 Å². The van der Waals surface area contributed by atoms with Crippen LogP contribution >= 0.6 is 11.6 Å². The van der Waals surface area contributed by atoms with Crippen molar-refractivity contribution in [1.82, 2.24) is 4.72 Å². The zero-order valence-corrected chi connectivity index (χ0v) is 11.7. The summed E-state index contributed by atoms with van der Waals surface area (Å²) in [5.41, 5.74) is 5.68. The van der Waals surface area contributed by atoms with Crippen LogP contribution in [0.25, 0.3) is 0 Å². The van der Waals surface area contributed by atoms with Crippen molar-refractivity contribution in [2.24, 2.45) is 5.73 Å². The van der Waals surface area contributed by atoms with E-state index in [0.717, 1.165) is 0 Å². The fraction of sp³-hybridized carbons (Fsp3) is 0.455. The highest BCUT2D eigenvalue weighted by molar-refractivity contribution is 7.89. The molecule has 0 unspecified atom stereocenters. The summed E-state index contributed by atoms with van der Waals surface area (Å²) in [5.74, 6) is 0. The van der Waals surface area contributed by atoms with Crippen LogP contribution in [0.15, 0.2) is 23.1 Å². The van der Waals surface area contributed by atoms with E-state index in [2.05, 4.69) is 4.72 Å². The molecule has 1 rings (SSSR count). The smallest absolute Gasteiger partial charge is 0.240 e. The van der Waals surface area contributed by atoms with Gasteiger partial charge in [0.25, 0.3) is 0 Å². The molecule has 0 aliphatic rings. The molecule has 0 saturated carbocycles. The van der Waals surface area contributed by atoms with Gasteiger partial charge in [-0.2, -0.15) is 0 Å².